The van der Waals surface area contributed by atoms with E-state index in [0.29, 0.717) is 18.0 Å². The second-order valence-electron chi connectivity index (χ2n) is 9.80. The van der Waals surface area contributed by atoms with Gasteiger partial charge < -0.3 is 24.4 Å². The predicted octanol–water partition coefficient (Wildman–Crippen LogP) is 2.74. The summed E-state index contributed by atoms with van der Waals surface area (Å²) in [6, 6.07) is 14.7. The summed E-state index contributed by atoms with van der Waals surface area (Å²) in [4.78, 5) is 45.2. The highest BCUT2D eigenvalue weighted by molar-refractivity contribution is 8.02. The number of nitrogens with zero attached hydrogens (tertiary/aromatic N) is 2. The van der Waals surface area contributed by atoms with Crippen molar-refractivity contribution in [2.24, 2.45) is 11.8 Å². The van der Waals surface area contributed by atoms with Crippen LogP contribution in [0, 0.1) is 11.8 Å². The molecule has 6 rings (SSSR count). The van der Waals surface area contributed by atoms with Crippen molar-refractivity contribution in [3.8, 4) is 5.75 Å². The quantitative estimate of drug-likeness (QED) is 0.467. The van der Waals surface area contributed by atoms with Gasteiger partial charge in [0.25, 0.3) is 5.91 Å². The van der Waals surface area contributed by atoms with E-state index in [0.717, 1.165) is 5.56 Å². The molecule has 2 fully saturated rings. The standard InChI is InChI=1S/C29H28N2O6S/c1-36-20-12-10-19(11-13-20)30-15-6-14-29-24(23-22(38-29)9-5-16-37-28(23)35)26(33)31(25(29)27(30)34)21(17-32)18-7-3-2-4-8-18/h2-14,21-25,32H,15-17H2,1H3/t21-,22+,23-,24+,25?,29+/m1/s1. The number of thioether (sulfide) groups is 1. The number of amides is 2. The van der Waals surface area contributed by atoms with Crippen molar-refractivity contribution in [2.75, 3.05) is 31.8 Å². The number of likely N-dealkylation sites (tertiary alicyclic amines) is 1. The van der Waals surface area contributed by atoms with Gasteiger partial charge in [0.1, 0.15) is 18.4 Å². The molecule has 0 saturated carbocycles. The molecular weight excluding hydrogens is 504 g/mol. The van der Waals surface area contributed by atoms with Crippen LogP contribution in [0.1, 0.15) is 11.6 Å². The SMILES string of the molecule is COc1ccc(N2CC=C[C@]34S[C@H]5C=CCOC(=O)[C@H]5[C@H]3C(=O)N([C@H](CO)c3ccccc3)C4C2=O)cc1. The van der Waals surface area contributed by atoms with Crippen LogP contribution in [0.2, 0.25) is 0 Å². The minimum absolute atomic E-state index is 0.163. The van der Waals surface area contributed by atoms with Gasteiger partial charge in [-0.15, -0.1) is 11.8 Å². The van der Waals surface area contributed by atoms with Gasteiger partial charge in [-0.1, -0.05) is 54.6 Å². The molecule has 1 N–H and O–H groups in total. The van der Waals surface area contributed by atoms with Crippen LogP contribution in [0.25, 0.3) is 0 Å². The molecule has 2 amide bonds. The maximum atomic E-state index is 14.5. The molecule has 2 aromatic carbocycles. The molecule has 4 heterocycles. The topological polar surface area (TPSA) is 96.4 Å². The highest BCUT2D eigenvalue weighted by Crippen LogP contribution is 2.62. The van der Waals surface area contributed by atoms with E-state index < -0.39 is 34.6 Å². The monoisotopic (exact) mass is 532 g/mol. The van der Waals surface area contributed by atoms with E-state index in [-0.39, 0.29) is 30.3 Å². The fourth-order valence-corrected chi connectivity index (χ4v) is 8.26. The Labute approximate surface area is 224 Å². The molecule has 0 radical (unpaired) electrons. The Balaban J connectivity index is 1.50. The molecule has 38 heavy (non-hydrogen) atoms. The molecule has 1 unspecified atom stereocenters. The lowest BCUT2D eigenvalue weighted by Crippen LogP contribution is -2.54. The molecule has 4 aliphatic rings. The number of esters is 1. The molecule has 1 spiro atoms. The average molecular weight is 533 g/mol. The van der Waals surface area contributed by atoms with Crippen molar-refractivity contribution in [2.45, 2.75) is 22.1 Å². The Hall–Kier alpha value is -3.56. The number of hydrogen-bond acceptors (Lipinski definition) is 7. The van der Waals surface area contributed by atoms with Gasteiger partial charge in [0.2, 0.25) is 5.91 Å². The first kappa shape index (κ1) is 24.8. The Morgan fingerprint density at radius 3 is 2.55 bits per heavy atom. The third kappa shape index (κ3) is 3.67. The van der Waals surface area contributed by atoms with Gasteiger partial charge in [-0.3, -0.25) is 14.4 Å². The molecule has 2 aromatic rings. The third-order valence-electron chi connectivity index (χ3n) is 7.93. The molecule has 6 atom stereocenters. The summed E-state index contributed by atoms with van der Waals surface area (Å²) in [5.41, 5.74) is 1.39. The second-order valence-corrected chi connectivity index (χ2v) is 11.3. The van der Waals surface area contributed by atoms with Gasteiger partial charge in [-0.2, -0.15) is 0 Å². The fraction of sp³-hybridized carbons (Fsp3) is 0.345. The number of carbonyl (C=O) groups is 3. The molecule has 0 bridgehead atoms. The van der Waals surface area contributed by atoms with Crippen molar-refractivity contribution in [1.82, 2.24) is 4.90 Å². The van der Waals surface area contributed by atoms with E-state index in [9.17, 15) is 19.5 Å². The first-order valence-electron chi connectivity index (χ1n) is 12.6. The zero-order chi connectivity index (χ0) is 26.4. The van der Waals surface area contributed by atoms with E-state index in [1.807, 2.05) is 60.7 Å². The first-order valence-corrected chi connectivity index (χ1v) is 13.5. The van der Waals surface area contributed by atoms with Gasteiger partial charge in [-0.05, 0) is 29.8 Å². The van der Waals surface area contributed by atoms with Gasteiger partial charge in [0, 0.05) is 17.5 Å². The van der Waals surface area contributed by atoms with E-state index in [1.54, 1.807) is 30.2 Å². The molecule has 0 aliphatic carbocycles. The summed E-state index contributed by atoms with van der Waals surface area (Å²) in [5, 5.41) is 10.3. The van der Waals surface area contributed by atoms with E-state index in [1.165, 1.54) is 16.7 Å². The summed E-state index contributed by atoms with van der Waals surface area (Å²) in [7, 11) is 1.58. The predicted molar refractivity (Wildman–Crippen MR) is 143 cm³/mol. The number of methoxy groups -OCH3 is 1. The number of aliphatic hydroxyl groups excluding tert-OH is 1. The third-order valence-corrected chi connectivity index (χ3v) is 9.67. The van der Waals surface area contributed by atoms with Gasteiger partial charge in [-0.25, -0.2) is 0 Å². The number of fused-ring (bicyclic) bond motifs is 2. The number of benzene rings is 2. The first-order chi connectivity index (χ1) is 18.5. The summed E-state index contributed by atoms with van der Waals surface area (Å²) in [6.45, 7) is 0.109. The summed E-state index contributed by atoms with van der Waals surface area (Å²) < 4.78 is 9.73. The zero-order valence-corrected chi connectivity index (χ0v) is 21.6. The number of aliphatic hydroxyl groups is 1. The van der Waals surface area contributed by atoms with Gasteiger partial charge in [0.15, 0.2) is 0 Å². The lowest BCUT2D eigenvalue weighted by Gasteiger charge is -2.38. The second kappa shape index (κ2) is 9.63. The van der Waals surface area contributed by atoms with Crippen LogP contribution in [-0.2, 0) is 19.1 Å². The van der Waals surface area contributed by atoms with Crippen LogP contribution in [0.15, 0.2) is 78.9 Å². The normalized spacial score (nSPS) is 30.7. The Bertz CT molecular complexity index is 1310. The Morgan fingerprint density at radius 2 is 1.84 bits per heavy atom. The molecule has 2 saturated heterocycles. The van der Waals surface area contributed by atoms with Crippen molar-refractivity contribution in [3.63, 3.8) is 0 Å². The van der Waals surface area contributed by atoms with Gasteiger partial charge in [0.05, 0.1) is 36.3 Å². The number of hydrogen-bond donors (Lipinski definition) is 1. The largest absolute Gasteiger partial charge is 0.497 e. The number of anilines is 1. The lowest BCUT2D eigenvalue weighted by molar-refractivity contribution is -0.152. The summed E-state index contributed by atoms with van der Waals surface area (Å²) in [6.07, 6.45) is 7.58. The Kier molecular flexibility index (Phi) is 6.28. The van der Waals surface area contributed by atoms with Crippen molar-refractivity contribution in [3.05, 3.63) is 84.5 Å². The number of cyclic esters (lactones) is 1. The highest BCUT2D eigenvalue weighted by Gasteiger charge is 2.72. The highest BCUT2D eigenvalue weighted by atomic mass is 32.2. The number of carbonyl (C=O) groups excluding carboxylic acids is 3. The zero-order valence-electron chi connectivity index (χ0n) is 20.8. The molecular formula is C29H28N2O6S. The maximum Gasteiger partial charge on any atom is 0.311 e. The van der Waals surface area contributed by atoms with Crippen LogP contribution < -0.4 is 9.64 Å². The van der Waals surface area contributed by atoms with Crippen LogP contribution >= 0.6 is 11.8 Å². The summed E-state index contributed by atoms with van der Waals surface area (Å²) in [5.74, 6) is -1.86. The molecule has 8 nitrogen and oxygen atoms in total. The molecule has 0 aromatic heterocycles. The molecule has 4 aliphatic heterocycles. The van der Waals surface area contributed by atoms with E-state index in [2.05, 4.69) is 0 Å². The molecule has 196 valence electrons. The Morgan fingerprint density at radius 1 is 1.08 bits per heavy atom. The van der Waals surface area contributed by atoms with Crippen molar-refractivity contribution in [1.29, 1.82) is 0 Å². The smallest absolute Gasteiger partial charge is 0.311 e. The fourth-order valence-electron chi connectivity index (χ4n) is 6.27. The van der Waals surface area contributed by atoms with Crippen molar-refractivity contribution >= 4 is 35.2 Å². The minimum Gasteiger partial charge on any atom is -0.497 e. The van der Waals surface area contributed by atoms with Crippen LogP contribution in [0.5, 0.6) is 5.75 Å². The minimum atomic E-state index is -0.992. The average Bonchev–Trinajstić information content (AvgIpc) is 3.24. The maximum absolute atomic E-state index is 14.5. The van der Waals surface area contributed by atoms with Gasteiger partial charge >= 0.3 is 5.97 Å². The van der Waals surface area contributed by atoms with E-state index >= 15 is 0 Å². The van der Waals surface area contributed by atoms with Crippen LogP contribution in [-0.4, -0.2) is 70.7 Å². The van der Waals surface area contributed by atoms with Crippen molar-refractivity contribution < 1.29 is 29.0 Å². The van der Waals surface area contributed by atoms with E-state index in [4.69, 9.17) is 9.47 Å². The van der Waals surface area contributed by atoms with Crippen LogP contribution in [0.4, 0.5) is 5.69 Å². The summed E-state index contributed by atoms with van der Waals surface area (Å²) >= 11 is 1.48. The lowest BCUT2D eigenvalue weighted by atomic mass is 9.78. The molecule has 9 heteroatoms. The number of rotatable bonds is 5. The van der Waals surface area contributed by atoms with Crippen LogP contribution in [0.3, 0.4) is 0 Å². The number of ether oxygens (including phenoxy) is 2.